The summed E-state index contributed by atoms with van der Waals surface area (Å²) in [4.78, 5) is 41.5. The second-order valence-corrected chi connectivity index (χ2v) is 8.76. The maximum Gasteiger partial charge on any atom is 0.312 e. The first-order valence-corrected chi connectivity index (χ1v) is 11.8. The van der Waals surface area contributed by atoms with Crippen LogP contribution < -0.4 is 10.1 Å². The molecule has 1 aromatic rings. The number of rotatable bonds is 10. The molecule has 8 heteroatoms. The van der Waals surface area contributed by atoms with E-state index in [0.717, 1.165) is 25.7 Å². The molecule has 3 aliphatic heterocycles. The summed E-state index contributed by atoms with van der Waals surface area (Å²) in [5, 5.41) is 2.93. The van der Waals surface area contributed by atoms with Gasteiger partial charge in [-0.25, -0.2) is 0 Å². The number of fused-ring (bicyclic) bond motifs is 1. The van der Waals surface area contributed by atoms with E-state index in [1.54, 1.807) is 55.4 Å². The van der Waals surface area contributed by atoms with Crippen molar-refractivity contribution in [1.82, 2.24) is 4.90 Å². The van der Waals surface area contributed by atoms with E-state index < -0.39 is 35.6 Å². The number of nitrogens with zero attached hydrogens (tertiary/aromatic N) is 1. The van der Waals surface area contributed by atoms with Gasteiger partial charge >= 0.3 is 5.97 Å². The number of esters is 1. The maximum atomic E-state index is 13.6. The van der Waals surface area contributed by atoms with Crippen LogP contribution in [0.5, 0.6) is 5.75 Å². The number of hydrogen-bond donors (Lipinski definition) is 1. The summed E-state index contributed by atoms with van der Waals surface area (Å²) in [6, 6.07) is 6.15. The van der Waals surface area contributed by atoms with Crippen molar-refractivity contribution in [3.8, 4) is 5.75 Å². The van der Waals surface area contributed by atoms with Crippen molar-refractivity contribution >= 4 is 23.5 Å². The number of carbonyl (C=O) groups excluding carboxylic acids is 3. The summed E-state index contributed by atoms with van der Waals surface area (Å²) in [7, 11) is 1.58. The Balaban J connectivity index is 1.63. The molecule has 0 unspecified atom stereocenters. The summed E-state index contributed by atoms with van der Waals surface area (Å²) in [6.45, 7) is 4.52. The number of ether oxygens (including phenoxy) is 3. The monoisotopic (exact) mass is 456 g/mol. The van der Waals surface area contributed by atoms with Gasteiger partial charge < -0.3 is 24.4 Å². The summed E-state index contributed by atoms with van der Waals surface area (Å²) in [6.07, 6.45) is 6.91. The van der Waals surface area contributed by atoms with E-state index in [2.05, 4.69) is 12.2 Å². The van der Waals surface area contributed by atoms with Crippen LogP contribution in [0.3, 0.4) is 0 Å². The molecular formula is C25H32N2O6. The Hall–Kier alpha value is -2.87. The predicted molar refractivity (Wildman–Crippen MR) is 122 cm³/mol. The Kier molecular flexibility index (Phi) is 6.74. The van der Waals surface area contributed by atoms with Gasteiger partial charge in [-0.15, -0.1) is 0 Å². The van der Waals surface area contributed by atoms with Crippen LogP contribution >= 0.6 is 0 Å². The highest BCUT2D eigenvalue weighted by molar-refractivity contribution is 6.04. The van der Waals surface area contributed by atoms with Crippen LogP contribution in [0.15, 0.2) is 36.4 Å². The van der Waals surface area contributed by atoms with Crippen molar-refractivity contribution in [1.29, 1.82) is 0 Å². The van der Waals surface area contributed by atoms with Crippen LogP contribution in [-0.4, -0.2) is 60.7 Å². The van der Waals surface area contributed by atoms with Crippen molar-refractivity contribution in [2.75, 3.05) is 25.6 Å². The fourth-order valence-electron chi connectivity index (χ4n) is 5.31. The largest absolute Gasteiger partial charge is 0.497 e. The van der Waals surface area contributed by atoms with E-state index in [1.165, 1.54) is 0 Å². The van der Waals surface area contributed by atoms with Crippen molar-refractivity contribution in [2.24, 2.45) is 11.8 Å². The number of amides is 2. The first kappa shape index (κ1) is 23.3. The van der Waals surface area contributed by atoms with Crippen molar-refractivity contribution < 1.29 is 28.6 Å². The minimum Gasteiger partial charge on any atom is -0.497 e. The molecule has 2 amide bonds. The van der Waals surface area contributed by atoms with Gasteiger partial charge in [-0.1, -0.05) is 38.3 Å². The number of methoxy groups -OCH3 is 1. The van der Waals surface area contributed by atoms with Gasteiger partial charge in [0.2, 0.25) is 5.91 Å². The Morgan fingerprint density at radius 3 is 2.58 bits per heavy atom. The van der Waals surface area contributed by atoms with Gasteiger partial charge in [0.1, 0.15) is 23.3 Å². The quantitative estimate of drug-likeness (QED) is 0.331. The minimum absolute atomic E-state index is 0.216. The Morgan fingerprint density at radius 2 is 1.91 bits per heavy atom. The molecule has 2 fully saturated rings. The first-order chi connectivity index (χ1) is 16.0. The first-order valence-electron chi connectivity index (χ1n) is 11.8. The van der Waals surface area contributed by atoms with Crippen molar-refractivity contribution in [2.45, 2.75) is 57.3 Å². The number of nitrogens with one attached hydrogen (secondary N) is 1. The van der Waals surface area contributed by atoms with E-state index >= 15 is 0 Å². The molecule has 1 aromatic carbocycles. The molecule has 1 spiro atoms. The molecule has 178 valence electrons. The zero-order valence-corrected chi connectivity index (χ0v) is 19.4. The van der Waals surface area contributed by atoms with E-state index in [0.29, 0.717) is 18.0 Å². The van der Waals surface area contributed by atoms with Gasteiger partial charge in [-0.2, -0.15) is 0 Å². The number of unbranched alkanes of at least 4 members (excludes halogenated alkanes) is 3. The molecule has 0 aliphatic carbocycles. The van der Waals surface area contributed by atoms with Crippen LogP contribution in [0.25, 0.3) is 0 Å². The molecule has 0 aromatic heterocycles. The average Bonchev–Trinajstić information content (AvgIpc) is 3.45. The van der Waals surface area contributed by atoms with Gasteiger partial charge in [-0.05, 0) is 37.6 Å². The van der Waals surface area contributed by atoms with Crippen molar-refractivity contribution in [3.05, 3.63) is 36.4 Å². The Bertz CT molecular complexity index is 929. The highest BCUT2D eigenvalue weighted by Gasteiger charge is 2.73. The number of carbonyl (C=O) groups is 3. The van der Waals surface area contributed by atoms with Crippen LogP contribution in [0.2, 0.25) is 0 Å². The number of likely N-dealkylation sites (tertiary alicyclic amines) is 1. The lowest BCUT2D eigenvalue weighted by Crippen LogP contribution is -2.52. The summed E-state index contributed by atoms with van der Waals surface area (Å²) >= 11 is 0. The third kappa shape index (κ3) is 4.01. The third-order valence-corrected chi connectivity index (χ3v) is 6.79. The molecular weight excluding hydrogens is 424 g/mol. The van der Waals surface area contributed by atoms with Crippen LogP contribution in [0.4, 0.5) is 5.69 Å². The van der Waals surface area contributed by atoms with Crippen LogP contribution in [0.1, 0.15) is 39.5 Å². The number of hydrogen-bond acceptors (Lipinski definition) is 6. The molecule has 8 nitrogen and oxygen atoms in total. The van der Waals surface area contributed by atoms with E-state index in [4.69, 9.17) is 14.2 Å². The lowest BCUT2D eigenvalue weighted by atomic mass is 9.74. The van der Waals surface area contributed by atoms with E-state index in [9.17, 15) is 14.4 Å². The fraction of sp³-hybridized carbons (Fsp3) is 0.560. The standard InChI is InChI=1S/C25H32N2O6/c1-4-6-7-8-15-27-21(22(28)26-16-9-11-17(31-3)12-10-16)25-14-13-18(33-25)19(20(25)23(27)29)24(30)32-5-2/h9-14,18-21H,4-8,15H2,1-3H3,(H,26,28)/t18-,19+,20+,21-,25+/m0/s1. The lowest BCUT2D eigenvalue weighted by Gasteiger charge is -2.32. The van der Waals surface area contributed by atoms with E-state index in [-0.39, 0.29) is 18.4 Å². The zero-order chi connectivity index (χ0) is 23.6. The molecule has 5 atom stereocenters. The topological polar surface area (TPSA) is 94.2 Å². The molecule has 3 aliphatic rings. The molecule has 2 saturated heterocycles. The maximum absolute atomic E-state index is 13.6. The number of benzene rings is 1. The van der Waals surface area contributed by atoms with Gasteiger partial charge in [0.15, 0.2) is 0 Å². The molecule has 33 heavy (non-hydrogen) atoms. The molecule has 1 N–H and O–H groups in total. The van der Waals surface area contributed by atoms with Crippen LogP contribution in [0, 0.1) is 11.8 Å². The van der Waals surface area contributed by atoms with Gasteiger partial charge in [0.05, 0.1) is 25.7 Å². The zero-order valence-electron chi connectivity index (χ0n) is 19.4. The Labute approximate surface area is 194 Å². The second kappa shape index (κ2) is 9.55. The third-order valence-electron chi connectivity index (χ3n) is 6.79. The SMILES string of the molecule is CCCCCCN1C(=O)[C@H]2[C@H](C(=O)OCC)[C@@H]3C=C[C@]2(O3)[C@@H]1C(=O)Nc1ccc(OC)cc1. The predicted octanol–water partition coefficient (Wildman–Crippen LogP) is 2.93. The smallest absolute Gasteiger partial charge is 0.312 e. The summed E-state index contributed by atoms with van der Waals surface area (Å²) in [5.41, 5.74) is -0.571. The van der Waals surface area contributed by atoms with Gasteiger partial charge in [0, 0.05) is 12.2 Å². The molecule has 0 radical (unpaired) electrons. The van der Waals surface area contributed by atoms with Gasteiger partial charge in [0.25, 0.3) is 5.91 Å². The summed E-state index contributed by atoms with van der Waals surface area (Å²) < 4.78 is 16.7. The lowest BCUT2D eigenvalue weighted by molar-refractivity contribution is -0.153. The van der Waals surface area contributed by atoms with Gasteiger partial charge in [-0.3, -0.25) is 14.4 Å². The molecule has 2 bridgehead atoms. The normalized spacial score (nSPS) is 29.3. The number of anilines is 1. The highest BCUT2D eigenvalue weighted by atomic mass is 16.6. The minimum atomic E-state index is -1.17. The fourth-order valence-corrected chi connectivity index (χ4v) is 5.31. The summed E-state index contributed by atoms with van der Waals surface area (Å²) in [5.74, 6) is -1.82. The highest BCUT2D eigenvalue weighted by Crippen LogP contribution is 2.55. The molecule has 4 rings (SSSR count). The Morgan fingerprint density at radius 1 is 1.15 bits per heavy atom. The van der Waals surface area contributed by atoms with E-state index in [1.807, 2.05) is 0 Å². The van der Waals surface area contributed by atoms with Crippen LogP contribution in [-0.2, 0) is 23.9 Å². The average molecular weight is 457 g/mol. The second-order valence-electron chi connectivity index (χ2n) is 8.76. The molecule has 3 heterocycles. The molecule has 0 saturated carbocycles. The van der Waals surface area contributed by atoms with Crippen molar-refractivity contribution in [3.63, 3.8) is 0 Å².